The van der Waals surface area contributed by atoms with Crippen LogP contribution in [0.15, 0.2) is 90.2 Å². The summed E-state index contributed by atoms with van der Waals surface area (Å²) in [6, 6.07) is 24.2. The van der Waals surface area contributed by atoms with Gasteiger partial charge in [-0.25, -0.2) is 0 Å². The molecule has 33 heavy (non-hydrogen) atoms. The van der Waals surface area contributed by atoms with Crippen LogP contribution in [0.2, 0.25) is 0 Å². The maximum Gasteiger partial charge on any atom is 0.290 e. The van der Waals surface area contributed by atoms with Gasteiger partial charge < -0.3 is 14.7 Å². The number of aliphatic hydroxyl groups is 1. The van der Waals surface area contributed by atoms with E-state index in [4.69, 9.17) is 4.74 Å². The minimum absolute atomic E-state index is 0.176. The molecular formula is C28H27NO4. The Labute approximate surface area is 193 Å². The fourth-order valence-electron chi connectivity index (χ4n) is 4.25. The molecule has 168 valence electrons. The fraction of sp³-hybridized carbons (Fsp3) is 0.214. The lowest BCUT2D eigenvalue weighted by Gasteiger charge is -2.27. The number of nitrogens with zero attached hydrogens (tertiary/aromatic N) is 1. The number of aliphatic hydroxyl groups excluding tert-OH is 1. The van der Waals surface area contributed by atoms with E-state index in [0.717, 1.165) is 28.0 Å². The Balaban J connectivity index is 1.65. The molecular weight excluding hydrogens is 414 g/mol. The van der Waals surface area contributed by atoms with Gasteiger partial charge in [-0.2, -0.15) is 0 Å². The second-order valence-electron chi connectivity index (χ2n) is 8.27. The van der Waals surface area contributed by atoms with Gasteiger partial charge in [0.15, 0.2) is 11.5 Å². The highest BCUT2D eigenvalue weighted by atomic mass is 16.5. The first-order valence-electron chi connectivity index (χ1n) is 11.0. The Morgan fingerprint density at radius 1 is 0.970 bits per heavy atom. The Kier molecular flexibility index (Phi) is 6.59. The second kappa shape index (κ2) is 9.74. The van der Waals surface area contributed by atoms with Gasteiger partial charge in [0.25, 0.3) is 5.91 Å². The lowest BCUT2D eigenvalue weighted by atomic mass is 9.92. The number of rotatable bonds is 8. The molecule has 4 rings (SSSR count). The summed E-state index contributed by atoms with van der Waals surface area (Å²) in [6.45, 7) is 2.23. The van der Waals surface area contributed by atoms with Gasteiger partial charge >= 0.3 is 0 Å². The first-order chi connectivity index (χ1) is 16.0. The monoisotopic (exact) mass is 441 g/mol. The minimum Gasteiger partial charge on any atom is -0.503 e. The number of amides is 1. The first kappa shape index (κ1) is 22.3. The van der Waals surface area contributed by atoms with Crippen molar-refractivity contribution in [1.82, 2.24) is 4.90 Å². The quantitative estimate of drug-likeness (QED) is 0.528. The largest absolute Gasteiger partial charge is 0.503 e. The van der Waals surface area contributed by atoms with Crippen LogP contribution >= 0.6 is 0 Å². The van der Waals surface area contributed by atoms with E-state index in [9.17, 15) is 14.7 Å². The molecule has 0 aliphatic carbocycles. The summed E-state index contributed by atoms with van der Waals surface area (Å²) in [7, 11) is 1.60. The van der Waals surface area contributed by atoms with Gasteiger partial charge in [0, 0.05) is 13.0 Å². The van der Waals surface area contributed by atoms with Crippen LogP contribution in [0.5, 0.6) is 5.75 Å². The molecule has 5 heteroatoms. The predicted molar refractivity (Wildman–Crippen MR) is 127 cm³/mol. The average Bonchev–Trinajstić information content (AvgIpc) is 3.08. The lowest BCUT2D eigenvalue weighted by molar-refractivity contribution is -0.130. The number of methoxy groups -OCH3 is 1. The maximum absolute atomic E-state index is 13.3. The smallest absolute Gasteiger partial charge is 0.290 e. The minimum atomic E-state index is -0.636. The summed E-state index contributed by atoms with van der Waals surface area (Å²) in [5.41, 5.74) is 3.93. The molecule has 1 heterocycles. The fourth-order valence-corrected chi connectivity index (χ4v) is 4.25. The average molecular weight is 442 g/mol. The molecule has 0 fully saturated rings. The molecule has 1 N–H and O–H groups in total. The highest BCUT2D eigenvalue weighted by molar-refractivity contribution is 6.09. The number of hydrogen-bond acceptors (Lipinski definition) is 4. The molecule has 1 atom stereocenters. The van der Waals surface area contributed by atoms with Crippen LogP contribution in [-0.2, 0) is 22.6 Å². The molecule has 0 saturated carbocycles. The van der Waals surface area contributed by atoms with Crippen LogP contribution in [-0.4, -0.2) is 28.8 Å². The molecule has 1 aliphatic rings. The van der Waals surface area contributed by atoms with Crippen molar-refractivity contribution >= 4 is 11.7 Å². The zero-order valence-electron chi connectivity index (χ0n) is 18.8. The van der Waals surface area contributed by atoms with Crippen molar-refractivity contribution in [3.63, 3.8) is 0 Å². The standard InChI is InChI=1S/C28H27NO4/c1-19-7-6-10-22(17-19)26-25(24(30)16-13-20-8-4-3-5-9-20)27(31)28(32)29(26)18-21-11-14-23(33-2)15-12-21/h3-12,14-15,17,26,31H,13,16,18H2,1-2H3. The Morgan fingerprint density at radius 2 is 1.70 bits per heavy atom. The summed E-state index contributed by atoms with van der Waals surface area (Å²) in [5.74, 6) is -0.471. The summed E-state index contributed by atoms with van der Waals surface area (Å²) >= 11 is 0. The molecule has 1 unspecified atom stereocenters. The SMILES string of the molecule is COc1ccc(CN2C(=O)C(O)=C(C(=O)CCc3ccccc3)C2c2cccc(C)c2)cc1. The summed E-state index contributed by atoms with van der Waals surface area (Å²) < 4.78 is 5.22. The van der Waals surface area contributed by atoms with Gasteiger partial charge in [-0.15, -0.1) is 0 Å². The van der Waals surface area contributed by atoms with Crippen molar-refractivity contribution in [1.29, 1.82) is 0 Å². The predicted octanol–water partition coefficient (Wildman–Crippen LogP) is 5.10. The number of hydrogen-bond donors (Lipinski definition) is 1. The number of ketones is 1. The second-order valence-corrected chi connectivity index (χ2v) is 8.27. The zero-order valence-corrected chi connectivity index (χ0v) is 18.8. The third kappa shape index (κ3) is 4.82. The molecule has 1 aliphatic heterocycles. The topological polar surface area (TPSA) is 66.8 Å². The van der Waals surface area contributed by atoms with Gasteiger partial charge in [0.1, 0.15) is 5.75 Å². The van der Waals surface area contributed by atoms with E-state index in [1.165, 1.54) is 0 Å². The van der Waals surface area contributed by atoms with Crippen LogP contribution in [0.1, 0.15) is 34.7 Å². The van der Waals surface area contributed by atoms with Crippen molar-refractivity contribution in [2.45, 2.75) is 32.4 Å². The maximum atomic E-state index is 13.3. The Morgan fingerprint density at radius 3 is 2.36 bits per heavy atom. The van der Waals surface area contributed by atoms with Crippen molar-refractivity contribution in [3.8, 4) is 5.75 Å². The number of carbonyl (C=O) groups is 2. The third-order valence-electron chi connectivity index (χ3n) is 5.96. The normalized spacial score (nSPS) is 15.8. The molecule has 5 nitrogen and oxygen atoms in total. The van der Waals surface area contributed by atoms with E-state index in [0.29, 0.717) is 6.42 Å². The van der Waals surface area contributed by atoms with E-state index in [1.807, 2.05) is 85.8 Å². The van der Waals surface area contributed by atoms with Crippen LogP contribution in [0, 0.1) is 6.92 Å². The third-order valence-corrected chi connectivity index (χ3v) is 5.96. The number of Topliss-reactive ketones (excluding diaryl/α,β-unsaturated/α-hetero) is 1. The van der Waals surface area contributed by atoms with Crippen molar-refractivity contribution in [3.05, 3.63) is 112 Å². The van der Waals surface area contributed by atoms with Crippen LogP contribution in [0.3, 0.4) is 0 Å². The van der Waals surface area contributed by atoms with Gasteiger partial charge in [-0.3, -0.25) is 9.59 Å². The molecule has 0 saturated heterocycles. The molecule has 1 amide bonds. The highest BCUT2D eigenvalue weighted by Crippen LogP contribution is 2.39. The van der Waals surface area contributed by atoms with E-state index < -0.39 is 17.7 Å². The molecule has 0 aromatic heterocycles. The van der Waals surface area contributed by atoms with Crippen LogP contribution < -0.4 is 4.74 Å². The van der Waals surface area contributed by atoms with Gasteiger partial charge in [0.05, 0.1) is 18.7 Å². The number of aryl methyl sites for hydroxylation is 2. The molecule has 0 spiro atoms. The highest BCUT2D eigenvalue weighted by Gasteiger charge is 2.43. The van der Waals surface area contributed by atoms with E-state index in [2.05, 4.69) is 0 Å². The number of carbonyl (C=O) groups excluding carboxylic acids is 2. The number of ether oxygens (including phenoxy) is 1. The van der Waals surface area contributed by atoms with Crippen molar-refractivity contribution < 1.29 is 19.4 Å². The van der Waals surface area contributed by atoms with Crippen molar-refractivity contribution in [2.75, 3.05) is 7.11 Å². The zero-order chi connectivity index (χ0) is 23.4. The Bertz CT molecular complexity index is 1180. The lowest BCUT2D eigenvalue weighted by Crippen LogP contribution is -2.30. The van der Waals surface area contributed by atoms with Gasteiger partial charge in [0.2, 0.25) is 0 Å². The van der Waals surface area contributed by atoms with E-state index in [1.54, 1.807) is 12.0 Å². The number of benzene rings is 3. The van der Waals surface area contributed by atoms with Gasteiger partial charge in [-0.1, -0.05) is 72.3 Å². The van der Waals surface area contributed by atoms with E-state index in [-0.39, 0.29) is 24.3 Å². The van der Waals surface area contributed by atoms with Crippen molar-refractivity contribution in [2.24, 2.45) is 0 Å². The molecule has 0 radical (unpaired) electrons. The summed E-state index contributed by atoms with van der Waals surface area (Å²) in [4.78, 5) is 28.0. The summed E-state index contributed by atoms with van der Waals surface area (Å²) in [5, 5.41) is 10.8. The molecule has 3 aromatic carbocycles. The van der Waals surface area contributed by atoms with Crippen LogP contribution in [0.4, 0.5) is 0 Å². The van der Waals surface area contributed by atoms with E-state index >= 15 is 0 Å². The molecule has 0 bridgehead atoms. The summed E-state index contributed by atoms with van der Waals surface area (Å²) in [6.07, 6.45) is 0.763. The Hall–Kier alpha value is -3.86. The molecule has 3 aromatic rings. The van der Waals surface area contributed by atoms with Crippen LogP contribution in [0.25, 0.3) is 0 Å². The first-order valence-corrected chi connectivity index (χ1v) is 11.0. The van der Waals surface area contributed by atoms with Gasteiger partial charge in [-0.05, 0) is 42.2 Å².